The van der Waals surface area contributed by atoms with Crippen molar-refractivity contribution in [2.45, 2.75) is 19.7 Å². The standard InChI is InChI=1S/C12H20ClN3S/c1-10(2)9-15-3-5-16(6-4-15)12-14-8-11(7-13)17-12/h8,10H,3-7,9H2,1-2H3. The highest BCUT2D eigenvalue weighted by Gasteiger charge is 2.19. The number of nitrogens with zero attached hydrogens (tertiary/aromatic N) is 3. The molecule has 17 heavy (non-hydrogen) atoms. The Labute approximate surface area is 112 Å². The maximum absolute atomic E-state index is 5.80. The molecule has 3 nitrogen and oxygen atoms in total. The monoisotopic (exact) mass is 273 g/mol. The summed E-state index contributed by atoms with van der Waals surface area (Å²) in [5.74, 6) is 1.33. The van der Waals surface area contributed by atoms with Gasteiger partial charge in [-0.1, -0.05) is 13.8 Å². The van der Waals surface area contributed by atoms with Gasteiger partial charge in [0, 0.05) is 43.8 Å². The number of hydrogen-bond donors (Lipinski definition) is 0. The summed E-state index contributed by atoms with van der Waals surface area (Å²) >= 11 is 7.52. The van der Waals surface area contributed by atoms with Gasteiger partial charge in [-0.3, -0.25) is 4.90 Å². The van der Waals surface area contributed by atoms with Gasteiger partial charge in [-0.2, -0.15) is 0 Å². The van der Waals surface area contributed by atoms with Gasteiger partial charge in [0.05, 0.1) is 5.88 Å². The van der Waals surface area contributed by atoms with Crippen molar-refractivity contribution in [3.8, 4) is 0 Å². The van der Waals surface area contributed by atoms with E-state index in [0.29, 0.717) is 5.88 Å². The second-order valence-corrected chi connectivity index (χ2v) is 6.29. The fraction of sp³-hybridized carbons (Fsp3) is 0.750. The number of piperazine rings is 1. The minimum atomic E-state index is 0.574. The second-order valence-electron chi connectivity index (χ2n) is 4.92. The van der Waals surface area contributed by atoms with Crippen LogP contribution in [0.1, 0.15) is 18.7 Å². The van der Waals surface area contributed by atoms with E-state index in [0.717, 1.165) is 42.1 Å². The van der Waals surface area contributed by atoms with Crippen LogP contribution < -0.4 is 4.90 Å². The fourth-order valence-corrected chi connectivity index (χ4v) is 3.19. The Morgan fingerprint density at radius 2 is 2.06 bits per heavy atom. The zero-order chi connectivity index (χ0) is 12.3. The number of anilines is 1. The second kappa shape index (κ2) is 6.03. The quantitative estimate of drug-likeness (QED) is 0.787. The molecule has 1 aromatic rings. The van der Waals surface area contributed by atoms with Crippen LogP contribution in [0.3, 0.4) is 0 Å². The van der Waals surface area contributed by atoms with Crippen molar-refractivity contribution in [2.24, 2.45) is 5.92 Å². The van der Waals surface area contributed by atoms with Crippen LogP contribution in [-0.2, 0) is 5.88 Å². The van der Waals surface area contributed by atoms with Crippen molar-refractivity contribution in [2.75, 3.05) is 37.6 Å². The molecule has 0 unspecified atom stereocenters. The van der Waals surface area contributed by atoms with Crippen molar-refractivity contribution in [3.63, 3.8) is 0 Å². The molecule has 0 N–H and O–H groups in total. The molecule has 0 aliphatic carbocycles. The number of aromatic nitrogens is 1. The van der Waals surface area contributed by atoms with Gasteiger partial charge in [-0.25, -0.2) is 4.98 Å². The third kappa shape index (κ3) is 3.57. The summed E-state index contributed by atoms with van der Waals surface area (Å²) in [4.78, 5) is 10.5. The molecular formula is C12H20ClN3S. The third-order valence-electron chi connectivity index (χ3n) is 2.94. The van der Waals surface area contributed by atoms with Gasteiger partial charge in [0.2, 0.25) is 0 Å². The van der Waals surface area contributed by atoms with E-state index in [1.807, 2.05) is 6.20 Å². The lowest BCUT2D eigenvalue weighted by Crippen LogP contribution is -2.47. The van der Waals surface area contributed by atoms with Crippen LogP contribution in [0.5, 0.6) is 0 Å². The Bertz CT molecular complexity index is 345. The Balaban J connectivity index is 1.86. The molecule has 2 rings (SSSR count). The van der Waals surface area contributed by atoms with Gasteiger partial charge >= 0.3 is 0 Å². The van der Waals surface area contributed by atoms with E-state index < -0.39 is 0 Å². The SMILES string of the molecule is CC(C)CN1CCN(c2ncc(CCl)s2)CC1. The molecule has 0 bridgehead atoms. The first-order valence-corrected chi connectivity index (χ1v) is 7.52. The minimum absolute atomic E-state index is 0.574. The first-order chi connectivity index (χ1) is 8.19. The molecule has 0 spiro atoms. The maximum Gasteiger partial charge on any atom is 0.185 e. The minimum Gasteiger partial charge on any atom is -0.346 e. The Hall–Kier alpha value is -0.320. The van der Waals surface area contributed by atoms with Crippen molar-refractivity contribution < 1.29 is 0 Å². The molecule has 1 saturated heterocycles. The van der Waals surface area contributed by atoms with E-state index in [9.17, 15) is 0 Å². The Morgan fingerprint density at radius 3 is 2.59 bits per heavy atom. The molecule has 0 amide bonds. The van der Waals surface area contributed by atoms with Crippen LogP contribution >= 0.6 is 22.9 Å². The zero-order valence-electron chi connectivity index (χ0n) is 10.5. The topological polar surface area (TPSA) is 19.4 Å². The van der Waals surface area contributed by atoms with Gasteiger partial charge in [0.25, 0.3) is 0 Å². The van der Waals surface area contributed by atoms with Crippen molar-refractivity contribution in [1.29, 1.82) is 0 Å². The van der Waals surface area contributed by atoms with Gasteiger partial charge < -0.3 is 4.90 Å². The van der Waals surface area contributed by atoms with E-state index in [1.54, 1.807) is 11.3 Å². The number of hydrogen-bond acceptors (Lipinski definition) is 4. The van der Waals surface area contributed by atoms with Crippen LogP contribution in [0, 0.1) is 5.92 Å². The molecule has 2 heterocycles. The molecule has 1 aromatic heterocycles. The largest absolute Gasteiger partial charge is 0.346 e. The van der Waals surface area contributed by atoms with Gasteiger partial charge in [-0.05, 0) is 5.92 Å². The lowest BCUT2D eigenvalue weighted by molar-refractivity contribution is 0.231. The number of rotatable bonds is 4. The highest BCUT2D eigenvalue weighted by atomic mass is 35.5. The van der Waals surface area contributed by atoms with Crippen LogP contribution in [-0.4, -0.2) is 42.6 Å². The fourth-order valence-electron chi connectivity index (χ4n) is 2.14. The highest BCUT2D eigenvalue weighted by Crippen LogP contribution is 2.24. The van der Waals surface area contributed by atoms with Crippen LogP contribution in [0.2, 0.25) is 0 Å². The summed E-state index contributed by atoms with van der Waals surface area (Å²) < 4.78 is 0. The Kier molecular flexibility index (Phi) is 4.65. The third-order valence-corrected chi connectivity index (χ3v) is 4.44. The molecule has 0 aromatic carbocycles. The van der Waals surface area contributed by atoms with Crippen molar-refractivity contribution in [1.82, 2.24) is 9.88 Å². The summed E-state index contributed by atoms with van der Waals surface area (Å²) in [6.45, 7) is 10.2. The van der Waals surface area contributed by atoms with E-state index >= 15 is 0 Å². The number of thiazole rings is 1. The molecule has 0 saturated carbocycles. The molecule has 1 fully saturated rings. The summed E-state index contributed by atoms with van der Waals surface area (Å²) in [6, 6.07) is 0. The summed E-state index contributed by atoms with van der Waals surface area (Å²) in [5.41, 5.74) is 0. The lowest BCUT2D eigenvalue weighted by Gasteiger charge is -2.35. The zero-order valence-corrected chi connectivity index (χ0v) is 12.1. The lowest BCUT2D eigenvalue weighted by atomic mass is 10.2. The molecular weight excluding hydrogens is 254 g/mol. The smallest absolute Gasteiger partial charge is 0.185 e. The van der Waals surface area contributed by atoms with Crippen molar-refractivity contribution >= 4 is 28.1 Å². The van der Waals surface area contributed by atoms with E-state index in [2.05, 4.69) is 28.6 Å². The molecule has 1 aliphatic rings. The van der Waals surface area contributed by atoms with Crippen LogP contribution in [0.25, 0.3) is 0 Å². The molecule has 5 heteroatoms. The normalized spacial score (nSPS) is 18.0. The molecule has 0 atom stereocenters. The summed E-state index contributed by atoms with van der Waals surface area (Å²) in [5, 5.41) is 1.13. The predicted octanol–water partition coefficient (Wildman–Crippen LogP) is 2.66. The highest BCUT2D eigenvalue weighted by molar-refractivity contribution is 7.15. The maximum atomic E-state index is 5.80. The predicted molar refractivity (Wildman–Crippen MR) is 75.2 cm³/mol. The van der Waals surface area contributed by atoms with E-state index in [-0.39, 0.29) is 0 Å². The number of alkyl halides is 1. The number of halogens is 1. The first kappa shape index (κ1) is 13.1. The first-order valence-electron chi connectivity index (χ1n) is 6.17. The van der Waals surface area contributed by atoms with Crippen molar-refractivity contribution in [3.05, 3.63) is 11.1 Å². The average Bonchev–Trinajstić information content (AvgIpc) is 2.78. The van der Waals surface area contributed by atoms with Crippen LogP contribution in [0.15, 0.2) is 6.20 Å². The van der Waals surface area contributed by atoms with E-state index in [4.69, 9.17) is 11.6 Å². The van der Waals surface area contributed by atoms with E-state index in [1.165, 1.54) is 6.54 Å². The van der Waals surface area contributed by atoms with Gasteiger partial charge in [0.1, 0.15) is 0 Å². The van der Waals surface area contributed by atoms with Crippen LogP contribution in [0.4, 0.5) is 5.13 Å². The summed E-state index contributed by atoms with van der Waals surface area (Å²) in [6.07, 6.45) is 1.90. The van der Waals surface area contributed by atoms with Gasteiger partial charge in [0.15, 0.2) is 5.13 Å². The molecule has 1 aliphatic heterocycles. The average molecular weight is 274 g/mol. The molecule has 0 radical (unpaired) electrons. The summed E-state index contributed by atoms with van der Waals surface area (Å²) in [7, 11) is 0. The Morgan fingerprint density at radius 1 is 1.35 bits per heavy atom. The van der Waals surface area contributed by atoms with Gasteiger partial charge in [-0.15, -0.1) is 22.9 Å². The molecule has 96 valence electrons.